The molecule has 0 aliphatic heterocycles. The zero-order valence-corrected chi connectivity index (χ0v) is 9.29. The number of hydrogen-bond donors (Lipinski definition) is 2. The number of nitrogens with one attached hydrogen (secondary N) is 1. The second-order valence-corrected chi connectivity index (χ2v) is 3.49. The van der Waals surface area contributed by atoms with E-state index in [4.69, 9.17) is 10.6 Å². The molecule has 3 N–H and O–H groups in total. The Labute approximate surface area is 90.9 Å². The van der Waals surface area contributed by atoms with Crippen LogP contribution in [0.25, 0.3) is 0 Å². The fourth-order valence-electron chi connectivity index (χ4n) is 1.58. The van der Waals surface area contributed by atoms with Crippen LogP contribution in [0.1, 0.15) is 23.6 Å². The molecule has 1 aromatic rings. The van der Waals surface area contributed by atoms with Gasteiger partial charge in [0.25, 0.3) is 0 Å². The van der Waals surface area contributed by atoms with Gasteiger partial charge in [0, 0.05) is 5.56 Å². The molecule has 3 heteroatoms. The van der Waals surface area contributed by atoms with Crippen LogP contribution in [-0.2, 0) is 0 Å². The molecule has 1 unspecified atom stereocenters. The van der Waals surface area contributed by atoms with Crippen LogP contribution in [0.4, 0.5) is 0 Å². The molecule has 0 aliphatic rings. The highest BCUT2D eigenvalue weighted by molar-refractivity contribution is 5.39. The summed E-state index contributed by atoms with van der Waals surface area (Å²) in [7, 11) is 1.66. The van der Waals surface area contributed by atoms with Crippen LogP contribution in [0.15, 0.2) is 30.9 Å². The summed E-state index contributed by atoms with van der Waals surface area (Å²) in [6, 6.07) is 6.10. The van der Waals surface area contributed by atoms with Crippen molar-refractivity contribution < 1.29 is 4.74 Å². The summed E-state index contributed by atoms with van der Waals surface area (Å²) in [5.41, 5.74) is 5.03. The summed E-state index contributed by atoms with van der Waals surface area (Å²) in [5.74, 6) is 6.36. The first kappa shape index (κ1) is 11.8. The lowest BCUT2D eigenvalue weighted by atomic mass is 10.0. The van der Waals surface area contributed by atoms with E-state index in [1.807, 2.05) is 25.1 Å². The molecule has 0 spiro atoms. The van der Waals surface area contributed by atoms with Gasteiger partial charge in [-0.15, -0.1) is 6.58 Å². The minimum atomic E-state index is 0.0531. The van der Waals surface area contributed by atoms with Crippen molar-refractivity contribution in [3.8, 4) is 5.75 Å². The number of ether oxygens (including phenoxy) is 1. The van der Waals surface area contributed by atoms with Crippen molar-refractivity contribution in [3.05, 3.63) is 42.0 Å². The number of methoxy groups -OCH3 is 1. The van der Waals surface area contributed by atoms with E-state index >= 15 is 0 Å². The molecule has 0 radical (unpaired) electrons. The first-order chi connectivity index (χ1) is 7.22. The monoisotopic (exact) mass is 206 g/mol. The van der Waals surface area contributed by atoms with Crippen LogP contribution < -0.4 is 16.0 Å². The van der Waals surface area contributed by atoms with E-state index < -0.39 is 0 Å². The lowest BCUT2D eigenvalue weighted by Crippen LogP contribution is -2.28. The first-order valence-corrected chi connectivity index (χ1v) is 4.94. The second kappa shape index (κ2) is 5.53. The van der Waals surface area contributed by atoms with Crippen molar-refractivity contribution >= 4 is 0 Å². The van der Waals surface area contributed by atoms with Crippen LogP contribution in [0.3, 0.4) is 0 Å². The van der Waals surface area contributed by atoms with E-state index in [1.165, 1.54) is 5.56 Å². The zero-order chi connectivity index (χ0) is 11.3. The third-order valence-electron chi connectivity index (χ3n) is 2.36. The quantitative estimate of drug-likeness (QED) is 0.440. The predicted molar refractivity (Wildman–Crippen MR) is 62.6 cm³/mol. The molecule has 0 aliphatic carbocycles. The average molecular weight is 206 g/mol. The summed E-state index contributed by atoms with van der Waals surface area (Å²) >= 11 is 0. The molecule has 0 aromatic heterocycles. The Bertz CT molecular complexity index is 336. The molecule has 1 aromatic carbocycles. The smallest absolute Gasteiger partial charge is 0.123 e. The second-order valence-electron chi connectivity index (χ2n) is 3.49. The minimum absolute atomic E-state index is 0.0531. The van der Waals surface area contributed by atoms with E-state index in [1.54, 1.807) is 7.11 Å². The van der Waals surface area contributed by atoms with Crippen molar-refractivity contribution in [2.45, 2.75) is 19.4 Å². The first-order valence-electron chi connectivity index (χ1n) is 4.94. The lowest BCUT2D eigenvalue weighted by molar-refractivity contribution is 0.399. The van der Waals surface area contributed by atoms with Gasteiger partial charge < -0.3 is 4.74 Å². The predicted octanol–water partition coefficient (Wildman–Crippen LogP) is 2.08. The van der Waals surface area contributed by atoms with Gasteiger partial charge in [-0.25, -0.2) is 0 Å². The maximum atomic E-state index is 5.51. The highest BCUT2D eigenvalue weighted by Gasteiger charge is 2.13. The van der Waals surface area contributed by atoms with Gasteiger partial charge in [-0.3, -0.25) is 11.3 Å². The van der Waals surface area contributed by atoms with Crippen molar-refractivity contribution in [3.63, 3.8) is 0 Å². The van der Waals surface area contributed by atoms with Gasteiger partial charge in [0.1, 0.15) is 5.75 Å². The number of nitrogens with two attached hydrogens (primary N) is 1. The third-order valence-corrected chi connectivity index (χ3v) is 2.36. The van der Waals surface area contributed by atoms with Gasteiger partial charge in [0.05, 0.1) is 13.2 Å². The standard InChI is InChI=1S/C12H18N2O/c1-4-5-11(14-13)10-8-9(2)6-7-12(10)15-3/h4,6-8,11,14H,1,5,13H2,2-3H3. The third kappa shape index (κ3) is 2.81. The van der Waals surface area contributed by atoms with Gasteiger partial charge >= 0.3 is 0 Å². The number of aryl methyl sites for hydroxylation is 1. The normalized spacial score (nSPS) is 12.2. The summed E-state index contributed by atoms with van der Waals surface area (Å²) in [6.07, 6.45) is 2.61. The van der Waals surface area contributed by atoms with Crippen LogP contribution >= 0.6 is 0 Å². The molecular weight excluding hydrogens is 188 g/mol. The van der Waals surface area contributed by atoms with Crippen molar-refractivity contribution in [1.29, 1.82) is 0 Å². The molecule has 0 heterocycles. The average Bonchev–Trinajstić information content (AvgIpc) is 2.26. The van der Waals surface area contributed by atoms with Crippen LogP contribution in [0.2, 0.25) is 0 Å². The van der Waals surface area contributed by atoms with Gasteiger partial charge in [-0.1, -0.05) is 23.8 Å². The van der Waals surface area contributed by atoms with Gasteiger partial charge in [0.15, 0.2) is 0 Å². The molecule has 1 rings (SSSR count). The SMILES string of the molecule is C=CCC(NN)c1cc(C)ccc1OC. The summed E-state index contributed by atoms with van der Waals surface area (Å²) in [4.78, 5) is 0. The largest absolute Gasteiger partial charge is 0.496 e. The summed E-state index contributed by atoms with van der Waals surface area (Å²) < 4.78 is 5.30. The fourth-order valence-corrected chi connectivity index (χ4v) is 1.58. The Morgan fingerprint density at radius 2 is 2.33 bits per heavy atom. The van der Waals surface area contributed by atoms with Crippen molar-refractivity contribution in [2.24, 2.45) is 5.84 Å². The molecule has 0 saturated heterocycles. The molecule has 0 amide bonds. The molecule has 0 fully saturated rings. The van der Waals surface area contributed by atoms with E-state index in [-0.39, 0.29) is 6.04 Å². The molecule has 0 bridgehead atoms. The van der Waals surface area contributed by atoms with Crippen LogP contribution in [0, 0.1) is 6.92 Å². The fraction of sp³-hybridized carbons (Fsp3) is 0.333. The van der Waals surface area contributed by atoms with E-state index in [0.29, 0.717) is 0 Å². The molecule has 15 heavy (non-hydrogen) atoms. The highest BCUT2D eigenvalue weighted by Crippen LogP contribution is 2.27. The van der Waals surface area contributed by atoms with Crippen LogP contribution in [-0.4, -0.2) is 7.11 Å². The van der Waals surface area contributed by atoms with Crippen LogP contribution in [0.5, 0.6) is 5.75 Å². The summed E-state index contributed by atoms with van der Waals surface area (Å²) in [5, 5.41) is 0. The van der Waals surface area contributed by atoms with Gasteiger partial charge in [-0.2, -0.15) is 0 Å². The van der Waals surface area contributed by atoms with Gasteiger partial charge in [0.2, 0.25) is 0 Å². The molecule has 3 nitrogen and oxygen atoms in total. The van der Waals surface area contributed by atoms with E-state index in [0.717, 1.165) is 17.7 Å². The number of hydrogen-bond acceptors (Lipinski definition) is 3. The summed E-state index contributed by atoms with van der Waals surface area (Å²) in [6.45, 7) is 5.76. The Kier molecular flexibility index (Phi) is 4.34. The zero-order valence-electron chi connectivity index (χ0n) is 9.29. The minimum Gasteiger partial charge on any atom is -0.496 e. The maximum Gasteiger partial charge on any atom is 0.123 e. The Hall–Kier alpha value is -1.32. The molecule has 0 saturated carbocycles. The lowest BCUT2D eigenvalue weighted by Gasteiger charge is -2.18. The Morgan fingerprint density at radius 1 is 1.60 bits per heavy atom. The van der Waals surface area contributed by atoms with E-state index in [9.17, 15) is 0 Å². The molecule has 82 valence electrons. The number of rotatable bonds is 5. The molecular formula is C12H18N2O. The number of benzene rings is 1. The number of hydrazine groups is 1. The maximum absolute atomic E-state index is 5.51. The Balaban J connectivity index is 3.07. The molecule has 1 atom stereocenters. The van der Waals surface area contributed by atoms with Crippen molar-refractivity contribution in [1.82, 2.24) is 5.43 Å². The topological polar surface area (TPSA) is 47.3 Å². The highest BCUT2D eigenvalue weighted by atomic mass is 16.5. The van der Waals surface area contributed by atoms with Crippen molar-refractivity contribution in [2.75, 3.05) is 7.11 Å². The Morgan fingerprint density at radius 3 is 2.87 bits per heavy atom. The van der Waals surface area contributed by atoms with E-state index in [2.05, 4.69) is 18.1 Å². The van der Waals surface area contributed by atoms with Gasteiger partial charge in [-0.05, 0) is 19.4 Å².